The van der Waals surface area contributed by atoms with Gasteiger partial charge in [-0.05, 0) is 39.6 Å². The van der Waals surface area contributed by atoms with Crippen LogP contribution in [0.15, 0.2) is 104 Å². The van der Waals surface area contributed by atoms with Gasteiger partial charge in [-0.3, -0.25) is 0 Å². The van der Waals surface area contributed by atoms with Gasteiger partial charge in [-0.2, -0.15) is 5.26 Å². The Bertz CT molecular complexity index is 1450. The smallest absolute Gasteiger partial charge is 0.124 e. The van der Waals surface area contributed by atoms with Gasteiger partial charge in [-0.1, -0.05) is 78.9 Å². The lowest BCUT2D eigenvalue weighted by Crippen LogP contribution is -2.10. The molecule has 0 saturated heterocycles. The number of fused-ring (bicyclic) bond motifs is 1. The molecule has 0 amide bonds. The third-order valence-corrected chi connectivity index (χ3v) is 5.93. The topological polar surface area (TPSA) is 50.8 Å². The van der Waals surface area contributed by atoms with Crippen LogP contribution in [-0.4, -0.2) is 9.55 Å². The Hall–Kier alpha value is -3.91. The van der Waals surface area contributed by atoms with E-state index in [0.717, 1.165) is 38.7 Å². The van der Waals surface area contributed by atoms with Crippen LogP contribution in [0, 0.1) is 11.3 Å². The number of benzene rings is 4. The number of ether oxygens (including phenoxy) is 1. The van der Waals surface area contributed by atoms with E-state index in [1.165, 1.54) is 0 Å². The average molecular weight is 466 g/mol. The molecular formula is C29H24ClN3O. The minimum atomic E-state index is -0.240. The molecule has 1 atom stereocenters. The van der Waals surface area contributed by atoms with Crippen molar-refractivity contribution in [3.8, 4) is 17.2 Å². The van der Waals surface area contributed by atoms with Crippen LogP contribution in [-0.2, 0) is 18.4 Å². The summed E-state index contributed by atoms with van der Waals surface area (Å²) in [6.07, 6.45) is 3.39. The number of halogens is 1. The summed E-state index contributed by atoms with van der Waals surface area (Å²) >= 11 is 0. The van der Waals surface area contributed by atoms with Crippen molar-refractivity contribution in [3.63, 3.8) is 0 Å². The number of hydrogen-bond acceptors (Lipinski definition) is 3. The fourth-order valence-corrected chi connectivity index (χ4v) is 4.24. The fraction of sp³-hybridized carbons (Fsp3) is 0.103. The molecule has 168 valence electrons. The maximum absolute atomic E-state index is 9.77. The zero-order chi connectivity index (χ0) is 22.6. The number of nitriles is 1. The van der Waals surface area contributed by atoms with Crippen LogP contribution in [0.5, 0.6) is 0 Å². The summed E-state index contributed by atoms with van der Waals surface area (Å²) in [5, 5.41) is 12.1. The Morgan fingerprint density at radius 1 is 0.912 bits per heavy atom. The largest absolute Gasteiger partial charge is 0.363 e. The summed E-state index contributed by atoms with van der Waals surface area (Å²) < 4.78 is 8.43. The van der Waals surface area contributed by atoms with Gasteiger partial charge in [-0.25, -0.2) is 4.98 Å². The highest BCUT2D eigenvalue weighted by molar-refractivity contribution is 5.97. The molecule has 4 aromatic carbocycles. The molecule has 0 radical (unpaired) electrons. The van der Waals surface area contributed by atoms with Crippen molar-refractivity contribution >= 4 is 23.2 Å². The van der Waals surface area contributed by atoms with Gasteiger partial charge in [0.05, 0.1) is 36.5 Å². The van der Waals surface area contributed by atoms with Gasteiger partial charge >= 0.3 is 0 Å². The molecule has 1 heterocycles. The number of nitrogens with zero attached hydrogens (tertiary/aromatic N) is 3. The molecule has 0 saturated carbocycles. The predicted octanol–water partition coefficient (Wildman–Crippen LogP) is 6.84. The molecule has 0 spiro atoms. The zero-order valence-corrected chi connectivity index (χ0v) is 19.6. The molecule has 4 nitrogen and oxygen atoms in total. The quantitative estimate of drug-likeness (QED) is 0.276. The van der Waals surface area contributed by atoms with E-state index in [1.807, 2.05) is 66.3 Å². The van der Waals surface area contributed by atoms with Crippen LogP contribution in [0.2, 0.25) is 0 Å². The van der Waals surface area contributed by atoms with E-state index in [1.54, 1.807) is 6.33 Å². The SMILES string of the molecule is Cl.Cn1cncc1C(OCc1ccc(C#N)c(-c2cccc3ccccc23)c1)c1ccccc1. The summed E-state index contributed by atoms with van der Waals surface area (Å²) in [5.41, 5.74) is 5.71. The van der Waals surface area contributed by atoms with Crippen molar-refractivity contribution in [2.75, 3.05) is 0 Å². The molecule has 1 aromatic heterocycles. The molecule has 0 aliphatic carbocycles. The van der Waals surface area contributed by atoms with Gasteiger partial charge in [-0.15, -0.1) is 12.4 Å². The van der Waals surface area contributed by atoms with Crippen molar-refractivity contribution in [3.05, 3.63) is 126 Å². The van der Waals surface area contributed by atoms with Gasteiger partial charge in [0.15, 0.2) is 0 Å². The molecule has 5 heteroatoms. The van der Waals surface area contributed by atoms with Gasteiger partial charge in [0.1, 0.15) is 6.10 Å². The second kappa shape index (κ2) is 10.4. The molecule has 34 heavy (non-hydrogen) atoms. The van der Waals surface area contributed by atoms with Crippen molar-refractivity contribution in [1.29, 1.82) is 5.26 Å². The molecule has 0 N–H and O–H groups in total. The van der Waals surface area contributed by atoms with Gasteiger partial charge in [0.2, 0.25) is 0 Å². The van der Waals surface area contributed by atoms with Crippen LogP contribution in [0.3, 0.4) is 0 Å². The van der Waals surface area contributed by atoms with E-state index in [9.17, 15) is 5.26 Å². The van der Waals surface area contributed by atoms with Crippen molar-refractivity contribution < 1.29 is 4.74 Å². The van der Waals surface area contributed by atoms with E-state index < -0.39 is 0 Å². The highest BCUT2D eigenvalue weighted by Crippen LogP contribution is 2.33. The van der Waals surface area contributed by atoms with Gasteiger partial charge < -0.3 is 9.30 Å². The fourth-order valence-electron chi connectivity index (χ4n) is 4.24. The Balaban J connectivity index is 0.00000274. The van der Waals surface area contributed by atoms with E-state index in [4.69, 9.17) is 4.74 Å². The summed E-state index contributed by atoms with van der Waals surface area (Å²) in [4.78, 5) is 4.28. The first-order valence-electron chi connectivity index (χ1n) is 10.9. The average Bonchev–Trinajstić information content (AvgIpc) is 3.30. The molecule has 0 bridgehead atoms. The monoisotopic (exact) mass is 465 g/mol. The minimum absolute atomic E-state index is 0. The summed E-state index contributed by atoms with van der Waals surface area (Å²) in [7, 11) is 1.97. The predicted molar refractivity (Wildman–Crippen MR) is 138 cm³/mol. The first-order chi connectivity index (χ1) is 16.2. The number of aryl methyl sites for hydroxylation is 1. The van der Waals surface area contributed by atoms with Crippen LogP contribution >= 0.6 is 12.4 Å². The van der Waals surface area contributed by atoms with Crippen LogP contribution in [0.25, 0.3) is 21.9 Å². The lowest BCUT2D eigenvalue weighted by molar-refractivity contribution is 0.0622. The Morgan fingerprint density at radius 3 is 2.44 bits per heavy atom. The summed E-state index contributed by atoms with van der Waals surface area (Å²) in [6, 6.07) is 32.9. The zero-order valence-electron chi connectivity index (χ0n) is 18.8. The first-order valence-corrected chi connectivity index (χ1v) is 10.9. The Kier molecular flexibility index (Phi) is 7.08. The molecule has 0 aliphatic rings. The van der Waals surface area contributed by atoms with Crippen LogP contribution < -0.4 is 0 Å². The van der Waals surface area contributed by atoms with Crippen LogP contribution in [0.1, 0.15) is 28.5 Å². The van der Waals surface area contributed by atoms with Crippen molar-refractivity contribution in [2.45, 2.75) is 12.7 Å². The highest BCUT2D eigenvalue weighted by Gasteiger charge is 2.18. The standard InChI is InChI=1S/C29H23N3O.ClH/c1-32-20-31-18-28(32)29(23-9-3-2-4-10-23)33-19-21-14-15-24(17-30)27(16-21)26-13-7-11-22-8-5-6-12-25(22)26;/h2-16,18,20,29H,19H2,1H3;1H. The third-order valence-electron chi connectivity index (χ3n) is 5.93. The number of aromatic nitrogens is 2. The second-order valence-corrected chi connectivity index (χ2v) is 8.05. The molecule has 5 rings (SSSR count). The normalized spacial score (nSPS) is 11.5. The van der Waals surface area contributed by atoms with E-state index >= 15 is 0 Å². The number of rotatable bonds is 6. The molecule has 0 fully saturated rings. The highest BCUT2D eigenvalue weighted by atomic mass is 35.5. The summed E-state index contributed by atoms with van der Waals surface area (Å²) in [6.45, 7) is 0.411. The van der Waals surface area contributed by atoms with E-state index in [2.05, 4.69) is 53.5 Å². The van der Waals surface area contributed by atoms with E-state index in [0.29, 0.717) is 12.2 Å². The molecule has 0 aliphatic heterocycles. The maximum Gasteiger partial charge on any atom is 0.124 e. The Morgan fingerprint density at radius 2 is 1.68 bits per heavy atom. The Labute approximate surface area is 205 Å². The number of imidazole rings is 1. The lowest BCUT2D eigenvalue weighted by atomic mass is 9.93. The van der Waals surface area contributed by atoms with Crippen molar-refractivity contribution in [1.82, 2.24) is 9.55 Å². The van der Waals surface area contributed by atoms with Crippen molar-refractivity contribution in [2.24, 2.45) is 7.05 Å². The minimum Gasteiger partial charge on any atom is -0.363 e. The summed E-state index contributed by atoms with van der Waals surface area (Å²) in [5.74, 6) is 0. The van der Waals surface area contributed by atoms with Crippen LogP contribution in [0.4, 0.5) is 0 Å². The van der Waals surface area contributed by atoms with Gasteiger partial charge in [0, 0.05) is 12.6 Å². The maximum atomic E-state index is 9.77. The number of hydrogen-bond donors (Lipinski definition) is 0. The van der Waals surface area contributed by atoms with Gasteiger partial charge in [0.25, 0.3) is 0 Å². The first kappa shape index (κ1) is 23.3. The molecule has 5 aromatic rings. The lowest BCUT2D eigenvalue weighted by Gasteiger charge is -2.19. The molecule has 1 unspecified atom stereocenters. The molecular weight excluding hydrogens is 442 g/mol. The second-order valence-electron chi connectivity index (χ2n) is 8.05. The van der Waals surface area contributed by atoms with E-state index in [-0.39, 0.29) is 18.5 Å². The third kappa shape index (κ3) is 4.58.